The molecule has 0 spiro atoms. The molecule has 2 aromatic carbocycles. The summed E-state index contributed by atoms with van der Waals surface area (Å²) in [5, 5.41) is 6.33. The van der Waals surface area contributed by atoms with Gasteiger partial charge < -0.3 is 15.4 Å². The normalized spacial score (nSPS) is 13.0. The van der Waals surface area contributed by atoms with Crippen LogP contribution in [-0.4, -0.2) is 41.1 Å². The molecule has 1 atom stereocenters. The van der Waals surface area contributed by atoms with Gasteiger partial charge >= 0.3 is 0 Å². The van der Waals surface area contributed by atoms with Crippen molar-refractivity contribution in [2.45, 2.75) is 25.3 Å². The van der Waals surface area contributed by atoms with E-state index < -0.39 is 10.0 Å². The minimum absolute atomic E-state index is 0.0702. The summed E-state index contributed by atoms with van der Waals surface area (Å²) in [6, 6.07) is 13.3. The van der Waals surface area contributed by atoms with Gasteiger partial charge in [0, 0.05) is 19.7 Å². The van der Waals surface area contributed by atoms with Gasteiger partial charge in [-0.25, -0.2) is 17.5 Å². The number of halogens is 1. The number of benzene rings is 2. The van der Waals surface area contributed by atoms with Crippen LogP contribution in [0.15, 0.2) is 53.5 Å². The highest BCUT2D eigenvalue weighted by Crippen LogP contribution is 2.13. The van der Waals surface area contributed by atoms with Crippen LogP contribution < -0.4 is 20.1 Å². The van der Waals surface area contributed by atoms with Crippen LogP contribution in [0.5, 0.6) is 5.75 Å². The van der Waals surface area contributed by atoms with Crippen LogP contribution >= 0.6 is 0 Å². The van der Waals surface area contributed by atoms with E-state index in [-0.39, 0.29) is 17.7 Å². The zero-order valence-corrected chi connectivity index (χ0v) is 17.6. The van der Waals surface area contributed by atoms with E-state index >= 15 is 0 Å². The molecular formula is C20H27FN4O3S. The Hall–Kier alpha value is -2.65. The summed E-state index contributed by atoms with van der Waals surface area (Å²) >= 11 is 0. The largest absolute Gasteiger partial charge is 0.489 e. The number of hydrogen-bond acceptors (Lipinski definition) is 4. The van der Waals surface area contributed by atoms with Crippen LogP contribution in [0, 0.1) is 5.82 Å². The molecule has 0 heterocycles. The fourth-order valence-corrected chi connectivity index (χ4v) is 3.34. The highest BCUT2D eigenvalue weighted by molar-refractivity contribution is 7.88. The van der Waals surface area contributed by atoms with E-state index in [9.17, 15) is 12.8 Å². The van der Waals surface area contributed by atoms with Crippen molar-refractivity contribution >= 4 is 16.0 Å². The number of ether oxygens (including phenoxy) is 1. The molecule has 2 aromatic rings. The standard InChI is InChI=1S/C20H27FN4O3S/c1-15(28-19-9-5-8-18(21)11-19)12-24-20(22-2)25-13-16-6-4-7-17(10-16)14-29(26,27)23-3/h4-11,15,23H,12-14H2,1-3H3,(H2,22,24,25). The number of nitrogens with zero attached hydrogens (tertiary/aromatic N) is 1. The number of hydrogen-bond donors (Lipinski definition) is 3. The van der Waals surface area contributed by atoms with Crippen molar-refractivity contribution in [3.8, 4) is 5.75 Å². The third-order valence-corrected chi connectivity index (χ3v) is 5.37. The van der Waals surface area contributed by atoms with Gasteiger partial charge in [0.25, 0.3) is 0 Å². The predicted molar refractivity (Wildman–Crippen MR) is 113 cm³/mol. The van der Waals surface area contributed by atoms with E-state index in [0.29, 0.717) is 30.4 Å². The summed E-state index contributed by atoms with van der Waals surface area (Å²) in [6.45, 7) is 2.82. The summed E-state index contributed by atoms with van der Waals surface area (Å²) in [5.41, 5.74) is 1.64. The monoisotopic (exact) mass is 422 g/mol. The molecule has 29 heavy (non-hydrogen) atoms. The minimum atomic E-state index is -3.32. The van der Waals surface area contributed by atoms with Crippen LogP contribution in [0.25, 0.3) is 0 Å². The lowest BCUT2D eigenvalue weighted by atomic mass is 10.1. The topological polar surface area (TPSA) is 91.8 Å². The predicted octanol–water partition coefficient (Wildman–Crippen LogP) is 2.01. The van der Waals surface area contributed by atoms with Gasteiger partial charge in [-0.05, 0) is 37.2 Å². The van der Waals surface area contributed by atoms with Gasteiger partial charge in [-0.3, -0.25) is 4.99 Å². The molecule has 0 bridgehead atoms. The molecule has 2 rings (SSSR count). The van der Waals surface area contributed by atoms with E-state index in [1.807, 2.05) is 25.1 Å². The Morgan fingerprint density at radius 2 is 1.86 bits per heavy atom. The molecular weight excluding hydrogens is 395 g/mol. The molecule has 0 fully saturated rings. The Morgan fingerprint density at radius 1 is 1.14 bits per heavy atom. The second-order valence-corrected chi connectivity index (χ2v) is 8.40. The van der Waals surface area contributed by atoms with E-state index in [1.165, 1.54) is 19.2 Å². The first-order valence-electron chi connectivity index (χ1n) is 9.17. The molecule has 0 radical (unpaired) electrons. The summed E-state index contributed by atoms with van der Waals surface area (Å²) < 4.78 is 44.6. The lowest BCUT2D eigenvalue weighted by Crippen LogP contribution is -2.41. The van der Waals surface area contributed by atoms with Crippen molar-refractivity contribution in [3.63, 3.8) is 0 Å². The minimum Gasteiger partial charge on any atom is -0.489 e. The van der Waals surface area contributed by atoms with E-state index in [1.54, 1.807) is 25.2 Å². The Labute approximate surface area is 171 Å². The van der Waals surface area contributed by atoms with Crippen molar-refractivity contribution < 1.29 is 17.5 Å². The van der Waals surface area contributed by atoms with Gasteiger partial charge in [0.15, 0.2) is 5.96 Å². The van der Waals surface area contributed by atoms with Crippen molar-refractivity contribution in [2.75, 3.05) is 20.6 Å². The van der Waals surface area contributed by atoms with Crippen LogP contribution in [0.3, 0.4) is 0 Å². The lowest BCUT2D eigenvalue weighted by molar-refractivity contribution is 0.223. The number of rotatable bonds is 9. The average Bonchev–Trinajstić information content (AvgIpc) is 2.68. The summed E-state index contributed by atoms with van der Waals surface area (Å²) in [7, 11) is -0.262. The fraction of sp³-hybridized carbons (Fsp3) is 0.350. The Balaban J connectivity index is 1.84. The maximum Gasteiger partial charge on any atom is 0.215 e. The van der Waals surface area contributed by atoms with Gasteiger partial charge in [0.2, 0.25) is 10.0 Å². The van der Waals surface area contributed by atoms with Gasteiger partial charge in [0.05, 0.1) is 12.3 Å². The van der Waals surface area contributed by atoms with E-state index in [2.05, 4.69) is 20.3 Å². The van der Waals surface area contributed by atoms with Crippen molar-refractivity contribution in [2.24, 2.45) is 4.99 Å². The van der Waals surface area contributed by atoms with E-state index in [4.69, 9.17) is 4.74 Å². The molecule has 0 saturated carbocycles. The molecule has 158 valence electrons. The SMILES string of the molecule is CN=C(NCc1cccc(CS(=O)(=O)NC)c1)NCC(C)Oc1cccc(F)c1. The van der Waals surface area contributed by atoms with Crippen LogP contribution in [0.2, 0.25) is 0 Å². The number of sulfonamides is 1. The first-order chi connectivity index (χ1) is 13.8. The molecule has 7 nitrogen and oxygen atoms in total. The molecule has 3 N–H and O–H groups in total. The number of aliphatic imine (C=N–C) groups is 1. The molecule has 0 aliphatic carbocycles. The fourth-order valence-electron chi connectivity index (χ4n) is 2.58. The number of guanidine groups is 1. The Morgan fingerprint density at radius 3 is 2.55 bits per heavy atom. The zero-order chi connectivity index (χ0) is 21.3. The highest BCUT2D eigenvalue weighted by Gasteiger charge is 2.10. The first-order valence-corrected chi connectivity index (χ1v) is 10.8. The summed E-state index contributed by atoms with van der Waals surface area (Å²) in [4.78, 5) is 4.16. The van der Waals surface area contributed by atoms with Crippen LogP contribution in [0.1, 0.15) is 18.1 Å². The molecule has 0 aromatic heterocycles. The van der Waals surface area contributed by atoms with Crippen molar-refractivity contribution in [1.82, 2.24) is 15.4 Å². The maximum atomic E-state index is 13.2. The molecule has 9 heteroatoms. The summed E-state index contributed by atoms with van der Waals surface area (Å²) in [6.07, 6.45) is -0.203. The average molecular weight is 423 g/mol. The highest BCUT2D eigenvalue weighted by atomic mass is 32.2. The Kier molecular flexibility index (Phi) is 8.41. The second kappa shape index (κ2) is 10.8. The van der Waals surface area contributed by atoms with Gasteiger partial charge in [0.1, 0.15) is 17.7 Å². The quantitative estimate of drug-likeness (QED) is 0.425. The van der Waals surface area contributed by atoms with Gasteiger partial charge in [-0.1, -0.05) is 30.3 Å². The zero-order valence-electron chi connectivity index (χ0n) is 16.8. The van der Waals surface area contributed by atoms with Gasteiger partial charge in [-0.2, -0.15) is 0 Å². The molecule has 0 amide bonds. The molecule has 0 aliphatic rings. The van der Waals surface area contributed by atoms with Gasteiger partial charge in [-0.15, -0.1) is 0 Å². The Bertz CT molecular complexity index is 935. The molecule has 1 unspecified atom stereocenters. The van der Waals surface area contributed by atoms with E-state index in [0.717, 1.165) is 5.56 Å². The van der Waals surface area contributed by atoms with Crippen molar-refractivity contribution in [3.05, 3.63) is 65.5 Å². The number of nitrogens with one attached hydrogen (secondary N) is 3. The molecule has 0 saturated heterocycles. The third kappa shape index (κ3) is 8.08. The lowest BCUT2D eigenvalue weighted by Gasteiger charge is -2.18. The van der Waals surface area contributed by atoms with Crippen LogP contribution in [-0.2, 0) is 22.3 Å². The third-order valence-electron chi connectivity index (χ3n) is 4.03. The van der Waals surface area contributed by atoms with Crippen molar-refractivity contribution in [1.29, 1.82) is 0 Å². The van der Waals surface area contributed by atoms with Crippen LogP contribution in [0.4, 0.5) is 4.39 Å². The first kappa shape index (κ1) is 22.6. The molecule has 0 aliphatic heterocycles. The smallest absolute Gasteiger partial charge is 0.215 e. The summed E-state index contributed by atoms with van der Waals surface area (Å²) in [5.74, 6) is 0.632. The second-order valence-electron chi connectivity index (χ2n) is 6.48. The maximum absolute atomic E-state index is 13.2.